The normalized spacial score (nSPS) is 17.0. The van der Waals surface area contributed by atoms with E-state index in [1.165, 1.54) is 0 Å². The summed E-state index contributed by atoms with van der Waals surface area (Å²) in [6, 6.07) is 4.27. The van der Waals surface area contributed by atoms with Gasteiger partial charge in [0.2, 0.25) is 0 Å². The van der Waals surface area contributed by atoms with Crippen molar-refractivity contribution in [2.45, 2.75) is 32.2 Å². The Morgan fingerprint density at radius 2 is 1.87 bits per heavy atom. The highest BCUT2D eigenvalue weighted by Gasteiger charge is 2.15. The van der Waals surface area contributed by atoms with Crippen LogP contribution in [0, 0.1) is 0 Å². The number of nitrogens with zero attached hydrogens (tertiary/aromatic N) is 1. The number of methoxy groups -OCH3 is 3. The predicted molar refractivity (Wildman–Crippen MR) is 91.9 cm³/mol. The Morgan fingerprint density at radius 1 is 1.17 bits per heavy atom. The summed E-state index contributed by atoms with van der Waals surface area (Å²) in [5.74, 6) is 3.15. The molecule has 6 nitrogen and oxygen atoms in total. The quantitative estimate of drug-likeness (QED) is 0.804. The molecule has 0 saturated carbocycles. The second-order valence-electron chi connectivity index (χ2n) is 5.46. The van der Waals surface area contributed by atoms with E-state index < -0.39 is 0 Å². The number of aliphatic imine (C=N–C) groups is 1. The molecule has 1 aromatic rings. The van der Waals surface area contributed by atoms with Gasteiger partial charge in [-0.3, -0.25) is 4.99 Å². The minimum atomic E-state index is 0.514. The van der Waals surface area contributed by atoms with Gasteiger partial charge in [0.1, 0.15) is 17.2 Å². The van der Waals surface area contributed by atoms with Gasteiger partial charge in [0, 0.05) is 36.8 Å². The molecule has 0 bridgehead atoms. The summed E-state index contributed by atoms with van der Waals surface area (Å²) in [5, 5.41) is 6.78. The third-order valence-electron chi connectivity index (χ3n) is 4.07. The predicted octanol–water partition coefficient (Wildman–Crippen LogP) is 1.97. The van der Waals surface area contributed by atoms with Crippen LogP contribution in [-0.4, -0.2) is 46.4 Å². The summed E-state index contributed by atoms with van der Waals surface area (Å²) in [6.45, 7) is 3.82. The van der Waals surface area contributed by atoms with Crippen molar-refractivity contribution in [3.05, 3.63) is 17.7 Å². The molecule has 1 atom stereocenters. The zero-order valence-corrected chi connectivity index (χ0v) is 14.4. The van der Waals surface area contributed by atoms with Crippen LogP contribution in [-0.2, 0) is 6.42 Å². The van der Waals surface area contributed by atoms with Gasteiger partial charge in [-0.05, 0) is 19.3 Å². The number of hydrogen-bond acceptors (Lipinski definition) is 6. The third-order valence-corrected chi connectivity index (χ3v) is 4.07. The van der Waals surface area contributed by atoms with E-state index in [9.17, 15) is 0 Å². The van der Waals surface area contributed by atoms with Crippen molar-refractivity contribution >= 4 is 5.96 Å². The highest BCUT2D eigenvalue weighted by Crippen LogP contribution is 2.34. The lowest BCUT2D eigenvalue weighted by Gasteiger charge is -2.24. The topological polar surface area (TPSA) is 64.1 Å². The summed E-state index contributed by atoms with van der Waals surface area (Å²) in [4.78, 5) is 4.48. The molecule has 1 heterocycles. The Bertz CT molecular complexity index is 521. The van der Waals surface area contributed by atoms with Crippen LogP contribution in [0.25, 0.3) is 0 Å². The number of benzene rings is 1. The second kappa shape index (κ2) is 8.50. The van der Waals surface area contributed by atoms with E-state index >= 15 is 0 Å². The molecule has 1 unspecified atom stereocenters. The molecule has 0 radical (unpaired) electrons. The van der Waals surface area contributed by atoms with Crippen LogP contribution in [0.5, 0.6) is 17.2 Å². The Hall–Kier alpha value is -2.11. The van der Waals surface area contributed by atoms with Gasteiger partial charge in [-0.1, -0.05) is 6.92 Å². The lowest BCUT2D eigenvalue weighted by molar-refractivity contribution is 0.368. The van der Waals surface area contributed by atoms with Crippen molar-refractivity contribution in [2.75, 3.05) is 34.4 Å². The first-order chi connectivity index (χ1) is 11.2. The van der Waals surface area contributed by atoms with Crippen molar-refractivity contribution in [1.29, 1.82) is 0 Å². The van der Waals surface area contributed by atoms with Crippen molar-refractivity contribution < 1.29 is 14.2 Å². The summed E-state index contributed by atoms with van der Waals surface area (Å²) in [5.41, 5.74) is 1.02. The average molecular weight is 321 g/mol. The molecule has 0 aromatic heterocycles. The van der Waals surface area contributed by atoms with Crippen molar-refractivity contribution in [3.63, 3.8) is 0 Å². The molecule has 6 heteroatoms. The lowest BCUT2D eigenvalue weighted by atomic mass is 10.1. The number of guanidine groups is 1. The standard InChI is InChI=1S/C17H27N3O3/c1-5-12-6-8-18-17(20-12)19-9-7-14-15(22-3)10-13(21-2)11-16(14)23-4/h10-12H,5-9H2,1-4H3,(H2,18,19,20). The molecule has 0 saturated heterocycles. The summed E-state index contributed by atoms with van der Waals surface area (Å²) in [7, 11) is 4.94. The first-order valence-electron chi connectivity index (χ1n) is 8.05. The second-order valence-corrected chi connectivity index (χ2v) is 5.46. The minimum Gasteiger partial charge on any atom is -0.496 e. The third kappa shape index (κ3) is 4.43. The fourth-order valence-electron chi connectivity index (χ4n) is 2.69. The fraction of sp³-hybridized carbons (Fsp3) is 0.588. The highest BCUT2D eigenvalue weighted by molar-refractivity contribution is 5.80. The van der Waals surface area contributed by atoms with Crippen molar-refractivity contribution in [3.8, 4) is 17.2 Å². The maximum atomic E-state index is 5.47. The number of nitrogens with one attached hydrogen (secondary N) is 2. The van der Waals surface area contributed by atoms with E-state index in [0.29, 0.717) is 6.04 Å². The zero-order chi connectivity index (χ0) is 16.7. The average Bonchev–Trinajstić information content (AvgIpc) is 2.61. The Labute approximate surface area is 138 Å². The number of ether oxygens (including phenoxy) is 3. The monoisotopic (exact) mass is 321 g/mol. The van der Waals surface area contributed by atoms with Gasteiger partial charge in [0.05, 0.1) is 21.3 Å². The summed E-state index contributed by atoms with van der Waals surface area (Å²) < 4.78 is 16.2. The first kappa shape index (κ1) is 17.2. The Kier molecular flexibility index (Phi) is 6.38. The lowest BCUT2D eigenvalue weighted by Crippen LogP contribution is -2.46. The Morgan fingerprint density at radius 3 is 2.43 bits per heavy atom. The largest absolute Gasteiger partial charge is 0.496 e. The van der Waals surface area contributed by atoms with E-state index in [-0.39, 0.29) is 0 Å². The number of rotatable bonds is 7. The number of hydrogen-bond donors (Lipinski definition) is 2. The van der Waals surface area contributed by atoms with Crippen LogP contribution < -0.4 is 24.8 Å². The molecule has 128 valence electrons. The molecule has 1 aromatic carbocycles. The van der Waals surface area contributed by atoms with Gasteiger partial charge >= 0.3 is 0 Å². The van der Waals surface area contributed by atoms with Gasteiger partial charge in [-0.25, -0.2) is 0 Å². The summed E-state index contributed by atoms with van der Waals surface area (Å²) >= 11 is 0. The molecular weight excluding hydrogens is 294 g/mol. The van der Waals surface area contributed by atoms with Crippen molar-refractivity contribution in [1.82, 2.24) is 10.6 Å². The molecule has 0 fully saturated rings. The fourth-order valence-corrected chi connectivity index (χ4v) is 2.69. The molecule has 23 heavy (non-hydrogen) atoms. The molecule has 0 aliphatic carbocycles. The SMILES string of the molecule is CCC1CCN=C(NCCc2c(OC)cc(OC)cc2OC)N1. The maximum absolute atomic E-state index is 5.47. The van der Waals surface area contributed by atoms with Gasteiger partial charge < -0.3 is 24.8 Å². The van der Waals surface area contributed by atoms with Crippen molar-refractivity contribution in [2.24, 2.45) is 4.99 Å². The van der Waals surface area contributed by atoms with Crippen LogP contribution in [0.3, 0.4) is 0 Å². The minimum absolute atomic E-state index is 0.514. The van der Waals surface area contributed by atoms with Crippen LogP contribution >= 0.6 is 0 Å². The van der Waals surface area contributed by atoms with Crippen LogP contribution in [0.2, 0.25) is 0 Å². The van der Waals surface area contributed by atoms with E-state index in [1.54, 1.807) is 21.3 Å². The van der Waals surface area contributed by atoms with Crippen LogP contribution in [0.15, 0.2) is 17.1 Å². The van der Waals surface area contributed by atoms with Crippen LogP contribution in [0.4, 0.5) is 0 Å². The molecular formula is C17H27N3O3. The zero-order valence-electron chi connectivity index (χ0n) is 14.4. The van der Waals surface area contributed by atoms with Gasteiger partial charge in [0.15, 0.2) is 5.96 Å². The Balaban J connectivity index is 2.01. The molecule has 1 aliphatic rings. The summed E-state index contributed by atoms with van der Waals surface area (Å²) in [6.07, 6.45) is 2.98. The van der Waals surface area contributed by atoms with Gasteiger partial charge in [-0.2, -0.15) is 0 Å². The van der Waals surface area contributed by atoms with Crippen LogP contribution in [0.1, 0.15) is 25.3 Å². The molecule has 1 aliphatic heterocycles. The molecule has 2 N–H and O–H groups in total. The van der Waals surface area contributed by atoms with Gasteiger partial charge in [0.25, 0.3) is 0 Å². The highest BCUT2D eigenvalue weighted by atomic mass is 16.5. The van der Waals surface area contributed by atoms with Gasteiger partial charge in [-0.15, -0.1) is 0 Å². The van der Waals surface area contributed by atoms with E-state index in [4.69, 9.17) is 14.2 Å². The molecule has 2 rings (SSSR count). The molecule has 0 amide bonds. The maximum Gasteiger partial charge on any atom is 0.191 e. The first-order valence-corrected chi connectivity index (χ1v) is 8.05. The molecule has 0 spiro atoms. The van der Waals surface area contributed by atoms with E-state index in [0.717, 1.165) is 61.1 Å². The van der Waals surface area contributed by atoms with E-state index in [1.807, 2.05) is 12.1 Å². The smallest absolute Gasteiger partial charge is 0.191 e. The van der Waals surface area contributed by atoms with E-state index in [2.05, 4.69) is 22.5 Å².